The average Bonchev–Trinajstić information content (AvgIpc) is 2.60. The van der Waals surface area contributed by atoms with Crippen molar-refractivity contribution < 1.29 is 17.9 Å². The van der Waals surface area contributed by atoms with Crippen LogP contribution in [0.5, 0.6) is 11.5 Å². The monoisotopic (exact) mass is 376 g/mol. The molecule has 0 atom stereocenters. The molecule has 1 aromatic carbocycles. The van der Waals surface area contributed by atoms with Gasteiger partial charge in [-0.3, -0.25) is 0 Å². The summed E-state index contributed by atoms with van der Waals surface area (Å²) in [6.45, 7) is 5.22. The van der Waals surface area contributed by atoms with Crippen LogP contribution in [-0.2, 0) is 10.0 Å². The lowest BCUT2D eigenvalue weighted by molar-refractivity contribution is 0.171. The fourth-order valence-corrected chi connectivity index (χ4v) is 4.93. The lowest BCUT2D eigenvalue weighted by Crippen LogP contribution is -2.46. The summed E-state index contributed by atoms with van der Waals surface area (Å²) in [4.78, 5) is 0.286. The molecule has 0 radical (unpaired) electrons. The van der Waals surface area contributed by atoms with Crippen molar-refractivity contribution in [2.75, 3.05) is 32.8 Å². The smallest absolute Gasteiger partial charge is 0.243 e. The molecular formula is C16H25ClN2O4S. The van der Waals surface area contributed by atoms with Gasteiger partial charge < -0.3 is 14.8 Å². The summed E-state index contributed by atoms with van der Waals surface area (Å²) in [7, 11) is -3.53. The highest BCUT2D eigenvalue weighted by atomic mass is 35.5. The van der Waals surface area contributed by atoms with Crippen molar-refractivity contribution >= 4 is 22.4 Å². The van der Waals surface area contributed by atoms with Gasteiger partial charge in [-0.2, -0.15) is 4.31 Å². The van der Waals surface area contributed by atoms with E-state index < -0.39 is 10.0 Å². The van der Waals surface area contributed by atoms with Crippen LogP contribution in [0.25, 0.3) is 0 Å². The van der Waals surface area contributed by atoms with Gasteiger partial charge in [-0.1, -0.05) is 6.92 Å². The van der Waals surface area contributed by atoms with Gasteiger partial charge in [-0.05, 0) is 44.5 Å². The number of fused-ring (bicyclic) bond motifs is 1. The van der Waals surface area contributed by atoms with Crippen molar-refractivity contribution in [3.05, 3.63) is 18.2 Å². The van der Waals surface area contributed by atoms with Gasteiger partial charge in [0.1, 0.15) is 13.2 Å². The molecule has 2 heterocycles. The summed E-state index contributed by atoms with van der Waals surface area (Å²) < 4.78 is 38.9. The van der Waals surface area contributed by atoms with Gasteiger partial charge in [0.25, 0.3) is 0 Å². The first-order valence-corrected chi connectivity index (χ1v) is 9.69. The summed E-state index contributed by atoms with van der Waals surface area (Å²) in [6, 6.07) is 4.96. The number of hydrogen-bond acceptors (Lipinski definition) is 5. The van der Waals surface area contributed by atoms with Crippen LogP contribution < -0.4 is 14.8 Å². The third kappa shape index (κ3) is 3.96. The minimum atomic E-state index is -3.53. The van der Waals surface area contributed by atoms with Crippen LogP contribution in [0.4, 0.5) is 0 Å². The Hall–Kier alpha value is -1.02. The zero-order valence-corrected chi connectivity index (χ0v) is 15.5. The fraction of sp³-hybridized carbons (Fsp3) is 0.625. The number of halogens is 1. The lowest BCUT2D eigenvalue weighted by atomic mass is 10.1. The quantitative estimate of drug-likeness (QED) is 0.851. The maximum absolute atomic E-state index is 13.1. The van der Waals surface area contributed by atoms with Crippen LogP contribution in [0.2, 0.25) is 0 Å². The Kier molecular flexibility index (Phi) is 6.74. The predicted molar refractivity (Wildman–Crippen MR) is 94.8 cm³/mol. The minimum absolute atomic E-state index is 0. The molecule has 1 saturated heterocycles. The topological polar surface area (TPSA) is 67.9 Å². The summed E-state index contributed by atoms with van der Waals surface area (Å²) in [5, 5.41) is 3.29. The molecule has 0 unspecified atom stereocenters. The molecule has 2 aliphatic heterocycles. The maximum atomic E-state index is 13.1. The molecule has 8 heteroatoms. The fourth-order valence-electron chi connectivity index (χ4n) is 3.13. The number of rotatable bonds is 5. The van der Waals surface area contributed by atoms with E-state index in [9.17, 15) is 8.42 Å². The zero-order valence-electron chi connectivity index (χ0n) is 13.9. The van der Waals surface area contributed by atoms with E-state index in [0.717, 1.165) is 32.4 Å². The SMILES string of the molecule is CCCN(C1CCNCC1)S(=O)(=O)c1ccc2c(c1)OCCO2.Cl. The third-order valence-electron chi connectivity index (χ3n) is 4.28. The largest absolute Gasteiger partial charge is 0.486 e. The number of piperidine rings is 1. The Balaban J connectivity index is 0.00000208. The Morgan fingerprint density at radius 1 is 1.17 bits per heavy atom. The zero-order chi connectivity index (χ0) is 16.3. The first kappa shape index (κ1) is 19.3. The second kappa shape index (κ2) is 8.38. The van der Waals surface area contributed by atoms with Crippen molar-refractivity contribution in [1.82, 2.24) is 9.62 Å². The van der Waals surface area contributed by atoms with E-state index >= 15 is 0 Å². The van der Waals surface area contributed by atoms with E-state index in [1.807, 2.05) is 6.92 Å². The Morgan fingerprint density at radius 3 is 2.50 bits per heavy atom. The Bertz CT molecular complexity index is 647. The summed E-state index contributed by atoms with van der Waals surface area (Å²) in [5.41, 5.74) is 0. The van der Waals surface area contributed by atoms with Crippen molar-refractivity contribution in [3.8, 4) is 11.5 Å². The van der Waals surface area contributed by atoms with Crippen LogP contribution in [0.1, 0.15) is 26.2 Å². The molecule has 0 saturated carbocycles. The summed E-state index contributed by atoms with van der Waals surface area (Å²) in [5.74, 6) is 1.12. The second-order valence-electron chi connectivity index (χ2n) is 5.90. The third-order valence-corrected chi connectivity index (χ3v) is 6.23. The first-order valence-electron chi connectivity index (χ1n) is 8.25. The lowest BCUT2D eigenvalue weighted by Gasteiger charge is -2.33. The van der Waals surface area contributed by atoms with E-state index in [-0.39, 0.29) is 23.3 Å². The minimum Gasteiger partial charge on any atom is -0.486 e. The highest BCUT2D eigenvalue weighted by Gasteiger charge is 2.32. The van der Waals surface area contributed by atoms with Crippen molar-refractivity contribution in [2.24, 2.45) is 0 Å². The van der Waals surface area contributed by atoms with Gasteiger partial charge in [0, 0.05) is 18.7 Å². The van der Waals surface area contributed by atoms with Crippen LogP contribution >= 0.6 is 12.4 Å². The van der Waals surface area contributed by atoms with E-state index in [2.05, 4.69) is 5.32 Å². The van der Waals surface area contributed by atoms with Gasteiger partial charge in [-0.15, -0.1) is 12.4 Å². The maximum Gasteiger partial charge on any atom is 0.243 e. The highest BCUT2D eigenvalue weighted by Crippen LogP contribution is 2.34. The number of nitrogens with zero attached hydrogens (tertiary/aromatic N) is 1. The summed E-state index contributed by atoms with van der Waals surface area (Å²) in [6.07, 6.45) is 2.50. The second-order valence-corrected chi connectivity index (χ2v) is 7.79. The summed E-state index contributed by atoms with van der Waals surface area (Å²) >= 11 is 0. The van der Waals surface area contributed by atoms with Crippen molar-refractivity contribution in [1.29, 1.82) is 0 Å². The van der Waals surface area contributed by atoms with Gasteiger partial charge >= 0.3 is 0 Å². The number of nitrogens with one attached hydrogen (secondary N) is 1. The molecule has 0 aromatic heterocycles. The van der Waals surface area contributed by atoms with Gasteiger partial charge in [-0.25, -0.2) is 8.42 Å². The molecule has 0 spiro atoms. The molecule has 0 aliphatic carbocycles. The molecule has 1 aromatic rings. The molecule has 0 bridgehead atoms. The van der Waals surface area contributed by atoms with Gasteiger partial charge in [0.15, 0.2) is 11.5 Å². The molecule has 1 fully saturated rings. The molecule has 3 rings (SSSR count). The molecule has 6 nitrogen and oxygen atoms in total. The molecule has 24 heavy (non-hydrogen) atoms. The van der Waals surface area contributed by atoms with Crippen LogP contribution in [-0.4, -0.2) is 51.6 Å². The number of benzene rings is 1. The van der Waals surface area contributed by atoms with Gasteiger partial charge in [0.2, 0.25) is 10.0 Å². The van der Waals surface area contributed by atoms with E-state index in [4.69, 9.17) is 9.47 Å². The van der Waals surface area contributed by atoms with Crippen LogP contribution in [0, 0.1) is 0 Å². The molecule has 1 N–H and O–H groups in total. The Morgan fingerprint density at radius 2 is 1.83 bits per heavy atom. The van der Waals surface area contributed by atoms with Crippen LogP contribution in [0.15, 0.2) is 23.1 Å². The number of sulfonamides is 1. The highest BCUT2D eigenvalue weighted by molar-refractivity contribution is 7.89. The molecule has 2 aliphatic rings. The van der Waals surface area contributed by atoms with E-state index in [1.54, 1.807) is 22.5 Å². The van der Waals surface area contributed by atoms with Crippen molar-refractivity contribution in [3.63, 3.8) is 0 Å². The van der Waals surface area contributed by atoms with Crippen LogP contribution in [0.3, 0.4) is 0 Å². The molecular weight excluding hydrogens is 352 g/mol. The molecule has 136 valence electrons. The van der Waals surface area contributed by atoms with E-state index in [0.29, 0.717) is 31.3 Å². The average molecular weight is 377 g/mol. The Labute approximate surface area is 150 Å². The van der Waals surface area contributed by atoms with Crippen molar-refractivity contribution in [2.45, 2.75) is 37.1 Å². The van der Waals surface area contributed by atoms with E-state index in [1.165, 1.54) is 0 Å². The first-order chi connectivity index (χ1) is 11.1. The van der Waals surface area contributed by atoms with Gasteiger partial charge in [0.05, 0.1) is 4.90 Å². The predicted octanol–water partition coefficient (Wildman–Crippen LogP) is 2.03. The number of hydrogen-bond donors (Lipinski definition) is 1. The number of ether oxygens (including phenoxy) is 2. The standard InChI is InChI=1S/C16H24N2O4S.ClH/c1-2-9-18(13-5-7-17-8-6-13)23(19,20)14-3-4-15-16(12-14)22-11-10-21-15;/h3-4,12-13,17H,2,5-11H2,1H3;1H. The molecule has 0 amide bonds. The normalized spacial score (nSPS) is 18.2.